The average Bonchev–Trinajstić information content (AvgIpc) is 2.27. The van der Waals surface area contributed by atoms with Gasteiger partial charge in [-0.25, -0.2) is 0 Å². The number of carbonyl (C=O) groups excluding carboxylic acids is 1. The highest BCUT2D eigenvalue weighted by atomic mass is 16.5. The molecule has 94 valence electrons. The van der Waals surface area contributed by atoms with E-state index in [0.29, 0.717) is 13.2 Å². The van der Waals surface area contributed by atoms with Gasteiger partial charge in [0.2, 0.25) is 5.91 Å². The van der Waals surface area contributed by atoms with Crippen LogP contribution in [0.1, 0.15) is 11.1 Å². The summed E-state index contributed by atoms with van der Waals surface area (Å²) < 4.78 is 10.3. The zero-order chi connectivity index (χ0) is 12.7. The van der Waals surface area contributed by atoms with Crippen LogP contribution in [-0.4, -0.2) is 32.8 Å². The number of amides is 1. The van der Waals surface area contributed by atoms with Crippen LogP contribution < -0.4 is 10.1 Å². The number of ether oxygens (including phenoxy) is 2. The van der Waals surface area contributed by atoms with Crippen molar-refractivity contribution in [2.45, 2.75) is 13.8 Å². The minimum absolute atomic E-state index is 0.0869. The molecule has 1 aromatic carbocycles. The number of methoxy groups -OCH3 is 1. The third kappa shape index (κ3) is 4.87. The lowest BCUT2D eigenvalue weighted by atomic mass is 10.1. The predicted octanol–water partition coefficient (Wildman–Crippen LogP) is 1.44. The van der Waals surface area contributed by atoms with Gasteiger partial charge in [0.05, 0.1) is 6.54 Å². The molecule has 4 heteroatoms. The Bertz CT molecular complexity index is 377. The van der Waals surface area contributed by atoms with Crippen LogP contribution in [0.5, 0.6) is 5.75 Å². The van der Waals surface area contributed by atoms with E-state index in [1.54, 1.807) is 0 Å². The van der Waals surface area contributed by atoms with Crippen molar-refractivity contribution < 1.29 is 14.3 Å². The molecule has 0 saturated heterocycles. The van der Waals surface area contributed by atoms with Gasteiger partial charge < -0.3 is 14.8 Å². The Kier molecular flexibility index (Phi) is 5.49. The normalized spacial score (nSPS) is 10.1. The molecule has 0 bridgehead atoms. The monoisotopic (exact) mass is 237 g/mol. The second-order valence-electron chi connectivity index (χ2n) is 3.90. The molecule has 1 rings (SSSR count). The van der Waals surface area contributed by atoms with Gasteiger partial charge in [-0.15, -0.1) is 0 Å². The quantitative estimate of drug-likeness (QED) is 0.762. The summed E-state index contributed by atoms with van der Waals surface area (Å²) in [7, 11) is 1.49. The number of hydrogen-bond donors (Lipinski definition) is 1. The van der Waals surface area contributed by atoms with Crippen LogP contribution in [0.2, 0.25) is 0 Å². The van der Waals surface area contributed by atoms with Crippen LogP contribution in [0.15, 0.2) is 18.2 Å². The first-order chi connectivity index (χ1) is 8.13. The fourth-order valence-corrected chi connectivity index (χ4v) is 1.49. The summed E-state index contributed by atoms with van der Waals surface area (Å²) in [4.78, 5) is 11.1. The van der Waals surface area contributed by atoms with Gasteiger partial charge in [0, 0.05) is 7.11 Å². The summed E-state index contributed by atoms with van der Waals surface area (Å²) in [6, 6.07) is 6.02. The van der Waals surface area contributed by atoms with Crippen LogP contribution in [0.4, 0.5) is 0 Å². The summed E-state index contributed by atoms with van der Waals surface area (Å²) in [5.74, 6) is 0.730. The van der Waals surface area contributed by atoms with Gasteiger partial charge >= 0.3 is 0 Å². The maximum Gasteiger partial charge on any atom is 0.246 e. The molecule has 0 spiro atoms. The van der Waals surface area contributed by atoms with E-state index in [2.05, 4.69) is 11.4 Å². The molecule has 0 aromatic heterocycles. The Hall–Kier alpha value is -1.55. The first-order valence-corrected chi connectivity index (χ1v) is 5.59. The second kappa shape index (κ2) is 6.91. The molecule has 0 heterocycles. The first kappa shape index (κ1) is 13.5. The summed E-state index contributed by atoms with van der Waals surface area (Å²) in [5.41, 5.74) is 2.32. The number of benzene rings is 1. The topological polar surface area (TPSA) is 47.6 Å². The highest BCUT2D eigenvalue weighted by molar-refractivity contribution is 5.77. The number of aryl methyl sites for hydroxylation is 2. The zero-order valence-corrected chi connectivity index (χ0v) is 10.6. The van der Waals surface area contributed by atoms with Crippen molar-refractivity contribution in [3.05, 3.63) is 29.3 Å². The molecule has 17 heavy (non-hydrogen) atoms. The Morgan fingerprint density at radius 3 is 2.76 bits per heavy atom. The Morgan fingerprint density at radius 2 is 2.12 bits per heavy atom. The van der Waals surface area contributed by atoms with E-state index in [-0.39, 0.29) is 12.5 Å². The van der Waals surface area contributed by atoms with E-state index in [9.17, 15) is 4.79 Å². The smallest absolute Gasteiger partial charge is 0.246 e. The van der Waals surface area contributed by atoms with Gasteiger partial charge in [-0.05, 0) is 25.5 Å². The minimum atomic E-state index is -0.128. The molecule has 0 saturated carbocycles. The molecule has 1 N–H and O–H groups in total. The van der Waals surface area contributed by atoms with E-state index in [4.69, 9.17) is 9.47 Å². The molecule has 0 radical (unpaired) electrons. The molecule has 0 unspecified atom stereocenters. The minimum Gasteiger partial charge on any atom is -0.491 e. The van der Waals surface area contributed by atoms with Crippen molar-refractivity contribution >= 4 is 5.91 Å². The van der Waals surface area contributed by atoms with E-state index in [1.165, 1.54) is 12.7 Å². The fraction of sp³-hybridized carbons (Fsp3) is 0.462. The molecule has 1 aromatic rings. The molecular weight excluding hydrogens is 218 g/mol. The van der Waals surface area contributed by atoms with Crippen LogP contribution in [0.3, 0.4) is 0 Å². The van der Waals surface area contributed by atoms with Gasteiger partial charge in [-0.3, -0.25) is 4.79 Å². The predicted molar refractivity (Wildman–Crippen MR) is 66.3 cm³/mol. The lowest BCUT2D eigenvalue weighted by Gasteiger charge is -2.10. The summed E-state index contributed by atoms with van der Waals surface area (Å²) >= 11 is 0. The largest absolute Gasteiger partial charge is 0.491 e. The molecule has 0 aliphatic heterocycles. The highest BCUT2D eigenvalue weighted by Crippen LogP contribution is 2.18. The molecule has 4 nitrogen and oxygen atoms in total. The second-order valence-corrected chi connectivity index (χ2v) is 3.90. The van der Waals surface area contributed by atoms with Crippen molar-refractivity contribution in [1.82, 2.24) is 5.32 Å². The van der Waals surface area contributed by atoms with Gasteiger partial charge in [0.25, 0.3) is 0 Å². The van der Waals surface area contributed by atoms with Crippen LogP contribution in [-0.2, 0) is 9.53 Å². The third-order valence-corrected chi connectivity index (χ3v) is 2.29. The molecule has 0 fully saturated rings. The Morgan fingerprint density at radius 1 is 1.35 bits per heavy atom. The lowest BCUT2D eigenvalue weighted by Crippen LogP contribution is -2.30. The molecule has 1 amide bonds. The maximum atomic E-state index is 11.1. The van der Waals surface area contributed by atoms with Crippen LogP contribution >= 0.6 is 0 Å². The Labute approximate surface area is 102 Å². The lowest BCUT2D eigenvalue weighted by molar-refractivity contribution is -0.124. The van der Waals surface area contributed by atoms with Crippen LogP contribution in [0.25, 0.3) is 0 Å². The number of carbonyl (C=O) groups is 1. The van der Waals surface area contributed by atoms with Gasteiger partial charge in [-0.2, -0.15) is 0 Å². The maximum absolute atomic E-state index is 11.1. The van der Waals surface area contributed by atoms with Crippen molar-refractivity contribution in [2.24, 2.45) is 0 Å². The summed E-state index contributed by atoms with van der Waals surface area (Å²) in [6.45, 7) is 5.08. The molecular formula is C13H19NO3. The van der Waals surface area contributed by atoms with Crippen molar-refractivity contribution in [3.8, 4) is 5.75 Å². The number of nitrogens with one attached hydrogen (secondary N) is 1. The molecule has 0 aliphatic carbocycles. The summed E-state index contributed by atoms with van der Waals surface area (Å²) in [5, 5.41) is 2.70. The number of rotatable bonds is 6. The zero-order valence-electron chi connectivity index (χ0n) is 10.6. The van der Waals surface area contributed by atoms with Gasteiger partial charge in [0.1, 0.15) is 19.0 Å². The summed E-state index contributed by atoms with van der Waals surface area (Å²) in [6.07, 6.45) is 0. The highest BCUT2D eigenvalue weighted by Gasteiger charge is 2.01. The number of hydrogen-bond acceptors (Lipinski definition) is 3. The van der Waals surface area contributed by atoms with Gasteiger partial charge in [-0.1, -0.05) is 17.7 Å². The molecule has 0 aliphatic rings. The van der Waals surface area contributed by atoms with Crippen LogP contribution in [0, 0.1) is 13.8 Å². The van der Waals surface area contributed by atoms with E-state index in [1.807, 2.05) is 26.0 Å². The average molecular weight is 237 g/mol. The van der Waals surface area contributed by atoms with Gasteiger partial charge in [0.15, 0.2) is 0 Å². The van der Waals surface area contributed by atoms with E-state index < -0.39 is 0 Å². The van der Waals surface area contributed by atoms with E-state index >= 15 is 0 Å². The SMILES string of the molecule is COCC(=O)NCCOc1ccc(C)cc1C. The first-order valence-electron chi connectivity index (χ1n) is 5.59. The van der Waals surface area contributed by atoms with Crippen molar-refractivity contribution in [3.63, 3.8) is 0 Å². The van der Waals surface area contributed by atoms with Crippen molar-refractivity contribution in [1.29, 1.82) is 0 Å². The van der Waals surface area contributed by atoms with E-state index in [0.717, 1.165) is 11.3 Å². The standard InChI is InChI=1S/C13H19NO3/c1-10-4-5-12(11(2)8-10)17-7-6-14-13(15)9-16-3/h4-5,8H,6-7,9H2,1-3H3,(H,14,15). The molecule has 0 atom stereocenters. The Balaban J connectivity index is 2.29. The third-order valence-electron chi connectivity index (χ3n) is 2.29. The fourth-order valence-electron chi connectivity index (χ4n) is 1.49. The van der Waals surface area contributed by atoms with Crippen molar-refractivity contribution in [2.75, 3.05) is 26.9 Å².